The molecule has 4 heteroatoms. The summed E-state index contributed by atoms with van der Waals surface area (Å²) in [5.41, 5.74) is 0. The number of carbonyl (C=O) groups is 1. The lowest BCUT2D eigenvalue weighted by atomic mass is 9.89. The summed E-state index contributed by atoms with van der Waals surface area (Å²) in [7, 11) is 0. The molecule has 2 atom stereocenters. The van der Waals surface area contributed by atoms with E-state index >= 15 is 0 Å². The molecule has 2 rings (SSSR count). The van der Waals surface area contributed by atoms with Gasteiger partial charge < -0.3 is 5.11 Å². The Morgan fingerprint density at radius 1 is 1.50 bits per heavy atom. The molecule has 0 saturated carbocycles. The van der Waals surface area contributed by atoms with E-state index in [4.69, 9.17) is 5.11 Å². The van der Waals surface area contributed by atoms with Crippen molar-refractivity contribution < 1.29 is 9.90 Å². The maximum Gasteiger partial charge on any atom is 0.303 e. The zero-order valence-electron chi connectivity index (χ0n) is 8.32. The van der Waals surface area contributed by atoms with Crippen LogP contribution in [0.3, 0.4) is 0 Å². The molecule has 2 aliphatic rings. The molecule has 2 aliphatic heterocycles. The van der Waals surface area contributed by atoms with Crippen LogP contribution in [0.1, 0.15) is 19.3 Å². The average Bonchev–Trinajstić information content (AvgIpc) is 2.17. The maximum absolute atomic E-state index is 10.6. The Balaban J connectivity index is 1.86. The van der Waals surface area contributed by atoms with Gasteiger partial charge in [0.15, 0.2) is 0 Å². The summed E-state index contributed by atoms with van der Waals surface area (Å²) >= 11 is 2.01. The van der Waals surface area contributed by atoms with Gasteiger partial charge in [0, 0.05) is 30.5 Å². The number of carboxylic acid groups (broad SMARTS) is 1. The molecule has 0 aliphatic carbocycles. The van der Waals surface area contributed by atoms with E-state index in [1.54, 1.807) is 0 Å². The molecule has 0 amide bonds. The first kappa shape index (κ1) is 10.3. The van der Waals surface area contributed by atoms with Crippen molar-refractivity contribution in [1.29, 1.82) is 0 Å². The number of hydrogen-bond donors (Lipinski definition) is 1. The predicted molar refractivity (Wildman–Crippen MR) is 57.7 cm³/mol. The van der Waals surface area contributed by atoms with Gasteiger partial charge in [0.1, 0.15) is 0 Å². The molecule has 80 valence electrons. The zero-order valence-corrected chi connectivity index (χ0v) is 9.13. The van der Waals surface area contributed by atoms with Crippen LogP contribution in [0.5, 0.6) is 0 Å². The van der Waals surface area contributed by atoms with E-state index in [9.17, 15) is 4.79 Å². The van der Waals surface area contributed by atoms with Crippen LogP contribution in [0.25, 0.3) is 0 Å². The van der Waals surface area contributed by atoms with Gasteiger partial charge in [-0.2, -0.15) is 11.8 Å². The lowest BCUT2D eigenvalue weighted by Gasteiger charge is -2.41. The molecular formula is C10H17NO2S. The molecule has 0 aromatic rings. The fourth-order valence-electron chi connectivity index (χ4n) is 2.48. The van der Waals surface area contributed by atoms with E-state index < -0.39 is 5.97 Å². The summed E-state index contributed by atoms with van der Waals surface area (Å²) in [5, 5.41) is 8.74. The van der Waals surface area contributed by atoms with Gasteiger partial charge in [-0.25, -0.2) is 0 Å². The van der Waals surface area contributed by atoms with Gasteiger partial charge in [0.2, 0.25) is 0 Å². The molecule has 2 unspecified atom stereocenters. The molecule has 0 spiro atoms. The Labute approximate surface area is 88.9 Å². The van der Waals surface area contributed by atoms with Crippen molar-refractivity contribution in [2.45, 2.75) is 25.3 Å². The fourth-order valence-corrected chi connectivity index (χ4v) is 3.63. The summed E-state index contributed by atoms with van der Waals surface area (Å²) < 4.78 is 0. The van der Waals surface area contributed by atoms with Crippen molar-refractivity contribution in [3.63, 3.8) is 0 Å². The molecule has 3 nitrogen and oxygen atoms in total. The second-order valence-electron chi connectivity index (χ2n) is 4.25. The molecule has 1 N–H and O–H groups in total. The minimum absolute atomic E-state index is 0.370. The molecule has 14 heavy (non-hydrogen) atoms. The molecule has 0 radical (unpaired) electrons. The Hall–Kier alpha value is -0.220. The van der Waals surface area contributed by atoms with Gasteiger partial charge in [-0.15, -0.1) is 0 Å². The first-order chi connectivity index (χ1) is 6.75. The highest BCUT2D eigenvalue weighted by Crippen LogP contribution is 2.30. The fraction of sp³-hybridized carbons (Fsp3) is 0.900. The predicted octanol–water partition coefficient (Wildman–Crippen LogP) is 1.29. The number of thioether (sulfide) groups is 1. The summed E-state index contributed by atoms with van der Waals surface area (Å²) in [5.74, 6) is 2.25. The topological polar surface area (TPSA) is 40.5 Å². The number of fused-ring (bicyclic) bond motifs is 1. The van der Waals surface area contributed by atoms with Crippen molar-refractivity contribution >= 4 is 17.7 Å². The van der Waals surface area contributed by atoms with Crippen LogP contribution < -0.4 is 0 Å². The molecule has 0 aromatic heterocycles. The highest BCUT2D eigenvalue weighted by atomic mass is 32.2. The van der Waals surface area contributed by atoms with Gasteiger partial charge in [0.05, 0.1) is 0 Å². The number of hydrogen-bond acceptors (Lipinski definition) is 3. The van der Waals surface area contributed by atoms with Crippen molar-refractivity contribution in [2.24, 2.45) is 5.92 Å². The molecule has 0 bridgehead atoms. The van der Waals surface area contributed by atoms with Crippen molar-refractivity contribution in [1.82, 2.24) is 4.90 Å². The zero-order chi connectivity index (χ0) is 9.97. The van der Waals surface area contributed by atoms with Crippen LogP contribution in [0.15, 0.2) is 0 Å². The second-order valence-corrected chi connectivity index (χ2v) is 5.40. The second kappa shape index (κ2) is 4.53. The Morgan fingerprint density at radius 3 is 3.14 bits per heavy atom. The van der Waals surface area contributed by atoms with Gasteiger partial charge in [0.25, 0.3) is 0 Å². The van der Waals surface area contributed by atoms with E-state index in [1.807, 2.05) is 11.8 Å². The molecule has 2 heterocycles. The van der Waals surface area contributed by atoms with E-state index in [1.165, 1.54) is 18.1 Å². The van der Waals surface area contributed by atoms with E-state index in [0.717, 1.165) is 19.4 Å². The van der Waals surface area contributed by atoms with E-state index in [2.05, 4.69) is 4.90 Å². The quantitative estimate of drug-likeness (QED) is 0.753. The molecule has 2 saturated heterocycles. The van der Waals surface area contributed by atoms with Crippen LogP contribution >= 0.6 is 11.8 Å². The highest BCUT2D eigenvalue weighted by Gasteiger charge is 2.31. The summed E-state index contributed by atoms with van der Waals surface area (Å²) in [4.78, 5) is 13.1. The van der Waals surface area contributed by atoms with E-state index in [-0.39, 0.29) is 0 Å². The normalized spacial score (nSPS) is 33.7. The summed E-state index contributed by atoms with van der Waals surface area (Å²) in [6.45, 7) is 2.32. The average molecular weight is 215 g/mol. The Bertz CT molecular complexity index is 222. The number of carboxylic acids is 1. The van der Waals surface area contributed by atoms with Gasteiger partial charge in [-0.05, 0) is 25.3 Å². The smallest absolute Gasteiger partial charge is 0.303 e. The third kappa shape index (κ3) is 2.42. The van der Waals surface area contributed by atoms with Gasteiger partial charge in [-0.3, -0.25) is 9.69 Å². The monoisotopic (exact) mass is 215 g/mol. The minimum atomic E-state index is -0.632. The Morgan fingerprint density at radius 2 is 2.36 bits per heavy atom. The molecule has 0 aromatic carbocycles. The number of rotatable bonds is 2. The third-order valence-electron chi connectivity index (χ3n) is 3.24. The van der Waals surface area contributed by atoms with Gasteiger partial charge >= 0.3 is 5.97 Å². The summed E-state index contributed by atoms with van der Waals surface area (Å²) in [6, 6.07) is 0.659. The van der Waals surface area contributed by atoms with Crippen LogP contribution in [0, 0.1) is 5.92 Å². The molecule has 2 fully saturated rings. The first-order valence-corrected chi connectivity index (χ1v) is 6.45. The largest absolute Gasteiger partial charge is 0.481 e. The lowest BCUT2D eigenvalue weighted by Crippen LogP contribution is -2.47. The third-order valence-corrected chi connectivity index (χ3v) is 4.33. The van der Waals surface area contributed by atoms with Crippen molar-refractivity contribution in [3.8, 4) is 0 Å². The standard InChI is InChI=1S/C10H17NO2S/c12-10(13)6-8-1-2-11-3-4-14-7-9(11)5-8/h8-9H,1-7H2,(H,12,13). The van der Waals surface area contributed by atoms with E-state index in [0.29, 0.717) is 18.4 Å². The van der Waals surface area contributed by atoms with Crippen molar-refractivity contribution in [2.75, 3.05) is 24.6 Å². The van der Waals surface area contributed by atoms with Crippen LogP contribution in [-0.2, 0) is 4.79 Å². The first-order valence-electron chi connectivity index (χ1n) is 5.29. The lowest BCUT2D eigenvalue weighted by molar-refractivity contribution is -0.138. The Kier molecular flexibility index (Phi) is 3.34. The van der Waals surface area contributed by atoms with Gasteiger partial charge in [-0.1, -0.05) is 0 Å². The number of aliphatic carboxylic acids is 1. The maximum atomic E-state index is 10.6. The van der Waals surface area contributed by atoms with Crippen molar-refractivity contribution in [3.05, 3.63) is 0 Å². The van der Waals surface area contributed by atoms with Crippen LogP contribution in [0.2, 0.25) is 0 Å². The SMILES string of the molecule is O=C(O)CC1CCN2CCSCC2C1. The molecular weight excluding hydrogens is 198 g/mol. The van der Waals surface area contributed by atoms with Crippen LogP contribution in [-0.4, -0.2) is 46.6 Å². The number of piperidine rings is 1. The highest BCUT2D eigenvalue weighted by molar-refractivity contribution is 7.99. The summed E-state index contributed by atoms with van der Waals surface area (Å²) in [6.07, 6.45) is 2.54. The van der Waals surface area contributed by atoms with Crippen LogP contribution in [0.4, 0.5) is 0 Å². The number of nitrogens with zero attached hydrogens (tertiary/aromatic N) is 1. The minimum Gasteiger partial charge on any atom is -0.481 e.